The summed E-state index contributed by atoms with van der Waals surface area (Å²) in [6, 6.07) is 0. The molecule has 0 saturated carbocycles. The molecule has 0 rings (SSSR count). The first-order chi connectivity index (χ1) is 3.27. The molecule has 0 amide bonds. The Hall–Kier alpha value is 0.700. The minimum Gasteiger partial charge on any atom is -0.0883 e. The summed E-state index contributed by atoms with van der Waals surface area (Å²) in [5.74, 6) is 0. The van der Waals surface area contributed by atoms with E-state index in [4.69, 9.17) is 0 Å². The first kappa shape index (κ1) is 7.70. The molecule has 0 aromatic rings. The van der Waals surface area contributed by atoms with Crippen molar-refractivity contribution < 1.29 is 0 Å². The van der Waals surface area contributed by atoms with Crippen LogP contribution in [0.5, 0.6) is 0 Å². The summed E-state index contributed by atoms with van der Waals surface area (Å²) >= 11 is 6.64. The van der Waals surface area contributed by atoms with E-state index in [0.717, 1.165) is 5.33 Å². The van der Waals surface area contributed by atoms with Crippen LogP contribution in [0.25, 0.3) is 0 Å². The Morgan fingerprint density at radius 2 is 2.29 bits per heavy atom. The first-order valence-electron chi connectivity index (χ1n) is 2.14. The van der Waals surface area contributed by atoms with E-state index in [2.05, 4.69) is 50.9 Å². The Labute approximate surface area is 61.2 Å². The highest BCUT2D eigenvalue weighted by molar-refractivity contribution is 9.09. The third-order valence-corrected chi connectivity index (χ3v) is 1.17. The van der Waals surface area contributed by atoms with Gasteiger partial charge < -0.3 is 0 Å². The molecule has 0 nitrogen and oxygen atoms in total. The molecule has 42 valence electrons. The number of hydrogen-bond donors (Lipinski definition) is 0. The van der Waals surface area contributed by atoms with Crippen molar-refractivity contribution in [2.24, 2.45) is 0 Å². The predicted molar refractivity (Wildman–Crippen MR) is 41.3 cm³/mol. The quantitative estimate of drug-likeness (QED) is 0.503. The average molecular weight is 228 g/mol. The third kappa shape index (κ3) is 6.70. The zero-order chi connectivity index (χ0) is 5.70. The molecule has 0 bridgehead atoms. The summed E-state index contributed by atoms with van der Waals surface area (Å²) in [7, 11) is 0. The van der Waals surface area contributed by atoms with Crippen LogP contribution in [-0.4, -0.2) is 10.2 Å². The largest absolute Gasteiger partial charge is 0.0883 e. The van der Waals surface area contributed by atoms with Crippen molar-refractivity contribution in [1.82, 2.24) is 0 Å². The van der Waals surface area contributed by atoms with Gasteiger partial charge >= 0.3 is 0 Å². The molecule has 1 unspecified atom stereocenters. The summed E-state index contributed by atoms with van der Waals surface area (Å²) in [5, 5.41) is 0.947. The molecule has 0 spiro atoms. The Bertz CT molecular complexity index is 57.1. The molecule has 0 aliphatic heterocycles. The molecule has 0 N–H and O–H groups in total. The fourth-order valence-corrected chi connectivity index (χ4v) is 0.671. The monoisotopic (exact) mass is 226 g/mol. The van der Waals surface area contributed by atoms with Crippen LogP contribution in [-0.2, 0) is 0 Å². The molecule has 0 aromatic carbocycles. The minimum absolute atomic E-state index is 0.505. The van der Waals surface area contributed by atoms with E-state index in [9.17, 15) is 0 Å². The van der Waals surface area contributed by atoms with Gasteiger partial charge in [-0.05, 0) is 6.92 Å². The third-order valence-electron chi connectivity index (χ3n) is 0.490. The van der Waals surface area contributed by atoms with Crippen molar-refractivity contribution in [1.29, 1.82) is 0 Å². The number of allylic oxidation sites excluding steroid dienone is 2. The van der Waals surface area contributed by atoms with Gasteiger partial charge in [0.05, 0.1) is 0 Å². The van der Waals surface area contributed by atoms with Crippen molar-refractivity contribution >= 4 is 31.9 Å². The van der Waals surface area contributed by atoms with Crippen LogP contribution in [0.1, 0.15) is 6.92 Å². The topological polar surface area (TPSA) is 0 Å². The molecule has 7 heavy (non-hydrogen) atoms. The van der Waals surface area contributed by atoms with E-state index in [-0.39, 0.29) is 0 Å². The molecule has 2 heteroatoms. The lowest BCUT2D eigenvalue weighted by atomic mass is 10.4. The van der Waals surface area contributed by atoms with Gasteiger partial charge in [0.25, 0.3) is 0 Å². The maximum Gasteiger partial charge on any atom is 0.0297 e. The van der Waals surface area contributed by atoms with E-state index in [0.29, 0.717) is 4.83 Å². The van der Waals surface area contributed by atoms with Gasteiger partial charge in [-0.2, -0.15) is 0 Å². The van der Waals surface area contributed by atoms with Gasteiger partial charge in [-0.1, -0.05) is 44.0 Å². The molecule has 0 aliphatic rings. The predicted octanol–water partition coefficient (Wildman–Crippen LogP) is 2.72. The number of alkyl halides is 2. The second-order valence-electron chi connectivity index (χ2n) is 1.26. The number of halogens is 2. The smallest absolute Gasteiger partial charge is 0.0297 e. The molecule has 0 saturated heterocycles. The van der Waals surface area contributed by atoms with Crippen LogP contribution >= 0.6 is 31.9 Å². The van der Waals surface area contributed by atoms with E-state index in [1.807, 2.05) is 0 Å². The maximum absolute atomic E-state index is 3.37. The first-order valence-corrected chi connectivity index (χ1v) is 4.17. The maximum atomic E-state index is 3.37. The molecular weight excluding hydrogens is 220 g/mol. The highest BCUT2D eigenvalue weighted by Gasteiger charge is 1.81. The normalized spacial score (nSPS) is 15.3. The lowest BCUT2D eigenvalue weighted by molar-refractivity contribution is 1.27. The Morgan fingerprint density at radius 1 is 1.71 bits per heavy atom. The van der Waals surface area contributed by atoms with Crippen LogP contribution < -0.4 is 0 Å². The minimum atomic E-state index is 0.505. The van der Waals surface area contributed by atoms with Gasteiger partial charge in [0, 0.05) is 10.2 Å². The fraction of sp³-hybridized carbons (Fsp3) is 0.600. The zero-order valence-electron chi connectivity index (χ0n) is 4.20. The molecule has 0 radical (unpaired) electrons. The zero-order valence-corrected chi connectivity index (χ0v) is 7.37. The van der Waals surface area contributed by atoms with Gasteiger partial charge in [0.2, 0.25) is 0 Å². The number of rotatable bonds is 2. The summed E-state index contributed by atoms with van der Waals surface area (Å²) in [4.78, 5) is 0.505. The van der Waals surface area contributed by atoms with Gasteiger partial charge in [0.1, 0.15) is 0 Å². The van der Waals surface area contributed by atoms with E-state index in [1.54, 1.807) is 0 Å². The van der Waals surface area contributed by atoms with Gasteiger partial charge in [-0.15, -0.1) is 0 Å². The summed E-state index contributed by atoms with van der Waals surface area (Å²) in [6.07, 6.45) is 4.16. The fourth-order valence-electron chi connectivity index (χ4n) is 0.239. The molecular formula is C5H8Br2. The summed E-state index contributed by atoms with van der Waals surface area (Å²) in [5.41, 5.74) is 0. The molecule has 0 heterocycles. The van der Waals surface area contributed by atoms with Crippen molar-refractivity contribution in [3.8, 4) is 0 Å². The lowest BCUT2D eigenvalue weighted by Gasteiger charge is -1.86. The van der Waals surface area contributed by atoms with Crippen molar-refractivity contribution in [2.75, 3.05) is 5.33 Å². The van der Waals surface area contributed by atoms with Crippen LogP contribution in [0.2, 0.25) is 0 Å². The van der Waals surface area contributed by atoms with Crippen LogP contribution in [0.3, 0.4) is 0 Å². The lowest BCUT2D eigenvalue weighted by Crippen LogP contribution is -1.78. The highest BCUT2D eigenvalue weighted by Crippen LogP contribution is 1.98. The van der Waals surface area contributed by atoms with Crippen molar-refractivity contribution in [3.63, 3.8) is 0 Å². The van der Waals surface area contributed by atoms with Crippen molar-refractivity contribution in [3.05, 3.63) is 12.2 Å². The van der Waals surface area contributed by atoms with E-state index >= 15 is 0 Å². The van der Waals surface area contributed by atoms with Gasteiger partial charge in [-0.25, -0.2) is 0 Å². The Kier molecular flexibility index (Phi) is 5.33. The Balaban J connectivity index is 3.08. The molecule has 0 fully saturated rings. The van der Waals surface area contributed by atoms with Crippen LogP contribution in [0.4, 0.5) is 0 Å². The molecule has 0 aromatic heterocycles. The van der Waals surface area contributed by atoms with Gasteiger partial charge in [0.15, 0.2) is 0 Å². The van der Waals surface area contributed by atoms with Crippen LogP contribution in [0, 0.1) is 0 Å². The molecule has 0 aliphatic carbocycles. The second-order valence-corrected chi connectivity index (χ2v) is 3.35. The highest BCUT2D eigenvalue weighted by atomic mass is 79.9. The standard InChI is InChI=1S/C5H8Br2/c1-5(7)3-2-4-6/h2-3,5H,4H2,1H3/b3-2-. The van der Waals surface area contributed by atoms with Crippen molar-refractivity contribution in [2.45, 2.75) is 11.8 Å². The average Bonchev–Trinajstić information content (AvgIpc) is 1.61. The summed E-state index contributed by atoms with van der Waals surface area (Å²) < 4.78 is 0. The van der Waals surface area contributed by atoms with E-state index in [1.165, 1.54) is 0 Å². The SMILES string of the molecule is CC(Br)/C=C\CBr. The van der Waals surface area contributed by atoms with E-state index < -0.39 is 0 Å². The number of hydrogen-bond acceptors (Lipinski definition) is 0. The Morgan fingerprint density at radius 3 is 2.43 bits per heavy atom. The second kappa shape index (κ2) is 4.85. The van der Waals surface area contributed by atoms with Crippen LogP contribution in [0.15, 0.2) is 12.2 Å². The summed E-state index contributed by atoms with van der Waals surface area (Å²) in [6.45, 7) is 2.08. The van der Waals surface area contributed by atoms with Gasteiger partial charge in [-0.3, -0.25) is 0 Å². The molecule has 1 atom stereocenters.